The van der Waals surface area contributed by atoms with E-state index >= 15 is 0 Å². The first-order chi connectivity index (χ1) is 19.5. The van der Waals surface area contributed by atoms with E-state index in [2.05, 4.69) is 36.6 Å². The summed E-state index contributed by atoms with van der Waals surface area (Å²) in [6.07, 6.45) is -0.224. The SMILES string of the molecule is CC(=O)N[C@@H](Cc1cc(F)cc(F)c1)[C@H](O)CN[C@]1(c2cccc(C(C)C)c2)CCN(Cc2ccccc2)C(=O)C1. The molecule has 6 nitrogen and oxygen atoms in total. The van der Waals surface area contributed by atoms with Crippen molar-refractivity contribution in [3.05, 3.63) is 107 Å². The van der Waals surface area contributed by atoms with Crippen LogP contribution in [-0.2, 0) is 28.1 Å². The summed E-state index contributed by atoms with van der Waals surface area (Å²) in [6, 6.07) is 20.4. The van der Waals surface area contributed by atoms with Gasteiger partial charge in [-0.15, -0.1) is 0 Å². The monoisotopic (exact) mass is 563 g/mol. The second-order valence-corrected chi connectivity index (χ2v) is 11.3. The number of nitrogens with one attached hydrogen (secondary N) is 2. The number of aliphatic hydroxyl groups excluding tert-OH is 1. The number of hydrogen-bond acceptors (Lipinski definition) is 4. The Bertz CT molecular complexity index is 1330. The highest BCUT2D eigenvalue weighted by molar-refractivity contribution is 5.79. The van der Waals surface area contributed by atoms with Crippen molar-refractivity contribution in [2.24, 2.45) is 0 Å². The van der Waals surface area contributed by atoms with Crippen molar-refractivity contribution < 1.29 is 23.5 Å². The molecule has 1 aliphatic rings. The lowest BCUT2D eigenvalue weighted by atomic mass is 9.79. The van der Waals surface area contributed by atoms with Gasteiger partial charge in [0.05, 0.1) is 17.7 Å². The Morgan fingerprint density at radius 1 is 1.00 bits per heavy atom. The van der Waals surface area contributed by atoms with E-state index in [4.69, 9.17) is 0 Å². The average Bonchev–Trinajstić information content (AvgIpc) is 2.92. The summed E-state index contributed by atoms with van der Waals surface area (Å²) in [7, 11) is 0. The number of amides is 2. The molecule has 1 heterocycles. The molecule has 4 rings (SSSR count). The zero-order valence-electron chi connectivity index (χ0n) is 23.9. The Kier molecular flexibility index (Phi) is 9.89. The van der Waals surface area contributed by atoms with Gasteiger partial charge in [0.15, 0.2) is 0 Å². The quantitative estimate of drug-likeness (QED) is 0.313. The summed E-state index contributed by atoms with van der Waals surface area (Å²) in [5.41, 5.74) is 2.76. The molecule has 0 radical (unpaired) electrons. The minimum Gasteiger partial charge on any atom is -0.390 e. The number of carbonyl (C=O) groups excluding carboxylic acids is 2. The molecule has 2 amide bonds. The third-order valence-corrected chi connectivity index (χ3v) is 7.82. The summed E-state index contributed by atoms with van der Waals surface area (Å²) >= 11 is 0. The van der Waals surface area contributed by atoms with E-state index in [1.165, 1.54) is 19.1 Å². The van der Waals surface area contributed by atoms with Crippen molar-refractivity contribution in [2.45, 2.75) is 70.2 Å². The lowest BCUT2D eigenvalue weighted by Gasteiger charge is -2.43. The Labute approximate surface area is 240 Å². The van der Waals surface area contributed by atoms with Crippen LogP contribution in [0, 0.1) is 11.6 Å². The van der Waals surface area contributed by atoms with Crippen molar-refractivity contribution in [3.8, 4) is 0 Å². The van der Waals surface area contributed by atoms with Gasteiger partial charge < -0.3 is 20.6 Å². The van der Waals surface area contributed by atoms with Gasteiger partial charge in [-0.1, -0.05) is 68.4 Å². The van der Waals surface area contributed by atoms with Gasteiger partial charge in [-0.25, -0.2) is 8.78 Å². The van der Waals surface area contributed by atoms with Gasteiger partial charge in [0.1, 0.15) is 11.6 Å². The largest absolute Gasteiger partial charge is 0.390 e. The van der Waals surface area contributed by atoms with Crippen LogP contribution in [-0.4, -0.2) is 47.1 Å². The standard InChI is InChI=1S/C33H39F2N3O3/c1-22(2)26-10-7-11-27(17-26)33(12-13-38(32(41)19-33)21-24-8-5-4-6-9-24)36-20-31(40)30(37-23(3)39)16-25-14-28(34)18-29(35)15-25/h4-11,14-15,17-18,22,30-31,36,40H,12-13,16,19-21H2,1-3H3,(H,37,39)/t30-,31+,33+/m0/s1. The van der Waals surface area contributed by atoms with E-state index in [9.17, 15) is 23.5 Å². The van der Waals surface area contributed by atoms with Crippen molar-refractivity contribution in [3.63, 3.8) is 0 Å². The van der Waals surface area contributed by atoms with E-state index in [0.717, 1.165) is 22.8 Å². The molecule has 3 aromatic rings. The molecule has 0 bridgehead atoms. The molecule has 3 aromatic carbocycles. The molecule has 3 N–H and O–H groups in total. The van der Waals surface area contributed by atoms with Gasteiger partial charge in [0, 0.05) is 39.0 Å². The van der Waals surface area contributed by atoms with Crippen LogP contribution >= 0.6 is 0 Å². The predicted octanol–water partition coefficient (Wildman–Crippen LogP) is 4.80. The third kappa shape index (κ3) is 7.99. The van der Waals surface area contributed by atoms with Crippen LogP contribution in [0.3, 0.4) is 0 Å². The van der Waals surface area contributed by atoms with Gasteiger partial charge >= 0.3 is 0 Å². The molecule has 8 heteroatoms. The summed E-state index contributed by atoms with van der Waals surface area (Å²) in [4.78, 5) is 27.4. The van der Waals surface area contributed by atoms with Crippen LogP contribution in [0.5, 0.6) is 0 Å². The van der Waals surface area contributed by atoms with Crippen LogP contribution in [0.4, 0.5) is 8.78 Å². The number of piperidine rings is 1. The number of nitrogens with zero attached hydrogens (tertiary/aromatic N) is 1. The van der Waals surface area contributed by atoms with Crippen molar-refractivity contribution >= 4 is 11.8 Å². The van der Waals surface area contributed by atoms with Crippen molar-refractivity contribution in [1.29, 1.82) is 0 Å². The van der Waals surface area contributed by atoms with Crippen LogP contribution < -0.4 is 10.6 Å². The maximum Gasteiger partial charge on any atom is 0.225 e. The number of rotatable bonds is 11. The highest BCUT2D eigenvalue weighted by Crippen LogP contribution is 2.35. The van der Waals surface area contributed by atoms with E-state index < -0.39 is 29.3 Å². The van der Waals surface area contributed by atoms with Gasteiger partial charge in [-0.3, -0.25) is 9.59 Å². The summed E-state index contributed by atoms with van der Waals surface area (Å²) < 4.78 is 27.7. The molecule has 0 aliphatic carbocycles. The van der Waals surface area contributed by atoms with Crippen LogP contribution in [0.25, 0.3) is 0 Å². The summed E-state index contributed by atoms with van der Waals surface area (Å²) in [6.45, 7) is 6.67. The average molecular weight is 564 g/mol. The molecule has 1 fully saturated rings. The van der Waals surface area contributed by atoms with Gasteiger partial charge in [0.25, 0.3) is 0 Å². The minimum atomic E-state index is -1.09. The van der Waals surface area contributed by atoms with Crippen molar-refractivity contribution in [1.82, 2.24) is 15.5 Å². The molecular formula is C33H39F2N3O3. The number of benzene rings is 3. The summed E-state index contributed by atoms with van der Waals surface area (Å²) in [5.74, 6) is -1.51. The third-order valence-electron chi connectivity index (χ3n) is 7.82. The molecule has 0 aromatic heterocycles. The first kappa shape index (κ1) is 30.3. The topological polar surface area (TPSA) is 81.7 Å². The number of aliphatic hydroxyl groups is 1. The van der Waals surface area contributed by atoms with Crippen LogP contribution in [0.15, 0.2) is 72.8 Å². The maximum atomic E-state index is 13.8. The smallest absolute Gasteiger partial charge is 0.225 e. The molecule has 0 saturated carbocycles. The molecule has 1 aliphatic heterocycles. The fourth-order valence-corrected chi connectivity index (χ4v) is 5.54. The van der Waals surface area contributed by atoms with E-state index in [0.29, 0.717) is 31.0 Å². The van der Waals surface area contributed by atoms with Crippen molar-refractivity contribution in [2.75, 3.05) is 13.1 Å². The zero-order chi connectivity index (χ0) is 29.6. The number of carbonyl (C=O) groups is 2. The number of likely N-dealkylation sites (tertiary alicyclic amines) is 1. The van der Waals surface area contributed by atoms with Crippen LogP contribution in [0.2, 0.25) is 0 Å². The van der Waals surface area contributed by atoms with E-state index in [-0.39, 0.29) is 31.2 Å². The first-order valence-corrected chi connectivity index (χ1v) is 14.1. The highest BCUT2D eigenvalue weighted by atomic mass is 19.1. The second kappa shape index (κ2) is 13.4. The van der Waals surface area contributed by atoms with Gasteiger partial charge in [0.2, 0.25) is 11.8 Å². The Morgan fingerprint density at radius 2 is 1.71 bits per heavy atom. The highest BCUT2D eigenvalue weighted by Gasteiger charge is 2.41. The maximum absolute atomic E-state index is 13.8. The first-order valence-electron chi connectivity index (χ1n) is 14.1. The Hall–Kier alpha value is -3.62. The van der Waals surface area contributed by atoms with Gasteiger partial charge in [-0.05, 0) is 53.1 Å². The molecular weight excluding hydrogens is 524 g/mol. The molecule has 0 unspecified atom stereocenters. The minimum absolute atomic E-state index is 0.00527. The second-order valence-electron chi connectivity index (χ2n) is 11.3. The predicted molar refractivity (Wildman–Crippen MR) is 155 cm³/mol. The molecule has 0 spiro atoms. The Balaban J connectivity index is 1.56. The molecule has 1 saturated heterocycles. The zero-order valence-corrected chi connectivity index (χ0v) is 23.9. The fraction of sp³-hybridized carbons (Fsp3) is 0.394. The lowest BCUT2D eigenvalue weighted by molar-refractivity contribution is -0.137. The normalized spacial score (nSPS) is 18.8. The van der Waals surface area contributed by atoms with E-state index in [1.54, 1.807) is 0 Å². The fourth-order valence-electron chi connectivity index (χ4n) is 5.54. The molecule has 41 heavy (non-hydrogen) atoms. The summed E-state index contributed by atoms with van der Waals surface area (Å²) in [5, 5.41) is 17.5. The van der Waals surface area contributed by atoms with Crippen LogP contribution in [0.1, 0.15) is 61.8 Å². The molecule has 3 atom stereocenters. The number of hydrogen-bond donors (Lipinski definition) is 3. The van der Waals surface area contributed by atoms with Gasteiger partial charge in [-0.2, -0.15) is 0 Å². The molecule has 218 valence electrons. The Morgan fingerprint density at radius 3 is 2.34 bits per heavy atom. The number of halogens is 2. The lowest BCUT2D eigenvalue weighted by Crippen LogP contribution is -2.57. The van der Waals surface area contributed by atoms with E-state index in [1.807, 2.05) is 47.4 Å².